The third-order valence-electron chi connectivity index (χ3n) is 4.43. The van der Waals surface area contributed by atoms with Crippen LogP contribution in [-0.4, -0.2) is 51.3 Å². The van der Waals surface area contributed by atoms with Gasteiger partial charge in [0, 0.05) is 13.1 Å². The number of carbonyl (C=O) groups is 1. The maximum atomic E-state index is 13.7. The Morgan fingerprint density at radius 3 is 2.52 bits per heavy atom. The Bertz CT molecular complexity index is 853. The van der Waals surface area contributed by atoms with Crippen LogP contribution in [0.25, 0.3) is 11.0 Å². The molecule has 0 saturated carbocycles. The quantitative estimate of drug-likeness (QED) is 0.556. The maximum absolute atomic E-state index is 13.7. The summed E-state index contributed by atoms with van der Waals surface area (Å²) in [7, 11) is 0. The zero-order valence-corrected chi connectivity index (χ0v) is 13.7. The topological polar surface area (TPSA) is 72.1 Å². The highest BCUT2D eigenvalue weighted by Gasteiger charge is 2.44. The van der Waals surface area contributed by atoms with Gasteiger partial charge in [0.25, 0.3) is 5.91 Å². The molecule has 1 aromatic carbocycles. The van der Waals surface area contributed by atoms with Crippen LogP contribution in [-0.2, 0) is 0 Å². The molecule has 0 bridgehead atoms. The molecule has 0 spiro atoms. The summed E-state index contributed by atoms with van der Waals surface area (Å²) in [5, 5.41) is 9.33. The standard InChI is InChI=1S/C15H15F4N3O2S/c16-8-5-9(11-10(6-8)20-14(25)21-11)13(24)22-3-1-7(2-4-22)12(23)15(17,18)19/h5-7,12,23H,1-4H2,(H2,20,21,25). The number of likely N-dealkylation sites (tertiary alicyclic amines) is 1. The lowest BCUT2D eigenvalue weighted by atomic mass is 9.90. The fourth-order valence-electron chi connectivity index (χ4n) is 3.13. The van der Waals surface area contributed by atoms with Crippen molar-refractivity contribution in [2.45, 2.75) is 25.1 Å². The monoisotopic (exact) mass is 377 g/mol. The summed E-state index contributed by atoms with van der Waals surface area (Å²) in [4.78, 5) is 19.5. The fourth-order valence-corrected chi connectivity index (χ4v) is 3.34. The van der Waals surface area contributed by atoms with E-state index in [1.54, 1.807) is 0 Å². The zero-order chi connectivity index (χ0) is 18.4. The summed E-state index contributed by atoms with van der Waals surface area (Å²) in [6.45, 7) is 0.111. The van der Waals surface area contributed by atoms with E-state index < -0.39 is 29.9 Å². The first kappa shape index (κ1) is 17.9. The number of alkyl halides is 3. The van der Waals surface area contributed by atoms with Gasteiger partial charge < -0.3 is 20.0 Å². The minimum atomic E-state index is -4.68. The summed E-state index contributed by atoms with van der Waals surface area (Å²) in [6, 6.07) is 2.27. The van der Waals surface area contributed by atoms with E-state index in [1.807, 2.05) is 0 Å². The number of halogens is 4. The van der Waals surface area contributed by atoms with Crippen LogP contribution in [0.1, 0.15) is 23.2 Å². The van der Waals surface area contributed by atoms with Gasteiger partial charge in [-0.25, -0.2) is 4.39 Å². The normalized spacial score (nSPS) is 17.9. The third kappa shape index (κ3) is 3.54. The number of aliphatic hydroxyl groups excluding tert-OH is 1. The highest BCUT2D eigenvalue weighted by Crippen LogP contribution is 2.32. The average Bonchev–Trinajstić information content (AvgIpc) is 2.92. The molecule has 1 aromatic heterocycles. The summed E-state index contributed by atoms with van der Waals surface area (Å²) < 4.78 is 51.7. The van der Waals surface area contributed by atoms with E-state index in [9.17, 15) is 27.5 Å². The second-order valence-corrected chi connectivity index (χ2v) is 6.48. The number of aliphatic hydroxyl groups is 1. The van der Waals surface area contributed by atoms with Crippen molar-refractivity contribution < 1.29 is 27.5 Å². The van der Waals surface area contributed by atoms with Crippen LogP contribution >= 0.6 is 12.2 Å². The van der Waals surface area contributed by atoms with Crippen molar-refractivity contribution in [3.8, 4) is 0 Å². The number of aromatic amines is 2. The predicted molar refractivity (Wildman–Crippen MR) is 84.1 cm³/mol. The minimum absolute atomic E-state index is 0.0218. The number of nitrogens with zero attached hydrogens (tertiary/aromatic N) is 1. The number of aromatic nitrogens is 2. The second-order valence-electron chi connectivity index (χ2n) is 6.07. The summed E-state index contributed by atoms with van der Waals surface area (Å²) in [5.41, 5.74) is 0.766. The van der Waals surface area contributed by atoms with Gasteiger partial charge in [0.2, 0.25) is 0 Å². The molecule has 1 aliphatic heterocycles. The lowest BCUT2D eigenvalue weighted by Crippen LogP contribution is -2.45. The molecule has 1 unspecified atom stereocenters. The molecule has 3 rings (SSSR count). The molecule has 1 fully saturated rings. The van der Waals surface area contributed by atoms with Crippen molar-refractivity contribution in [2.75, 3.05) is 13.1 Å². The molecule has 2 heterocycles. The van der Waals surface area contributed by atoms with Gasteiger partial charge >= 0.3 is 6.18 Å². The molecule has 5 nitrogen and oxygen atoms in total. The Hall–Kier alpha value is -1.94. The van der Waals surface area contributed by atoms with Crippen molar-refractivity contribution in [3.63, 3.8) is 0 Å². The summed E-state index contributed by atoms with van der Waals surface area (Å²) in [6.07, 6.45) is -7.03. The Morgan fingerprint density at radius 2 is 1.92 bits per heavy atom. The first-order valence-corrected chi connectivity index (χ1v) is 8.03. The van der Waals surface area contributed by atoms with Crippen molar-refractivity contribution >= 4 is 29.2 Å². The Kier molecular flexibility index (Phi) is 4.58. The number of carbonyl (C=O) groups excluding carboxylic acids is 1. The van der Waals surface area contributed by atoms with E-state index in [4.69, 9.17) is 12.2 Å². The Labute approximate surface area is 144 Å². The van der Waals surface area contributed by atoms with Crippen LogP contribution in [0.2, 0.25) is 0 Å². The van der Waals surface area contributed by atoms with Gasteiger partial charge in [0.15, 0.2) is 10.9 Å². The molecule has 0 radical (unpaired) electrons. The van der Waals surface area contributed by atoms with Gasteiger partial charge in [-0.15, -0.1) is 0 Å². The number of hydrogen-bond donors (Lipinski definition) is 3. The SMILES string of the molecule is O=C(c1cc(F)cc2[nH]c(=S)[nH]c12)N1CCC(C(O)C(F)(F)F)CC1. The van der Waals surface area contributed by atoms with Gasteiger partial charge in [0.1, 0.15) is 5.82 Å². The van der Waals surface area contributed by atoms with Gasteiger partial charge in [0.05, 0.1) is 16.6 Å². The molecule has 3 N–H and O–H groups in total. The van der Waals surface area contributed by atoms with E-state index in [0.29, 0.717) is 11.0 Å². The Balaban J connectivity index is 1.79. The van der Waals surface area contributed by atoms with Crippen LogP contribution in [0.5, 0.6) is 0 Å². The van der Waals surface area contributed by atoms with Crippen molar-refractivity contribution in [2.24, 2.45) is 5.92 Å². The maximum Gasteiger partial charge on any atom is 0.414 e. The molecule has 1 atom stereocenters. The fraction of sp³-hybridized carbons (Fsp3) is 0.467. The summed E-state index contributed by atoms with van der Waals surface area (Å²) in [5.74, 6) is -2.06. The molecule has 1 saturated heterocycles. The van der Waals surface area contributed by atoms with E-state index in [0.717, 1.165) is 6.07 Å². The van der Waals surface area contributed by atoms with Crippen LogP contribution in [0.15, 0.2) is 12.1 Å². The highest BCUT2D eigenvalue weighted by molar-refractivity contribution is 7.71. The number of H-pyrrole nitrogens is 2. The molecule has 2 aromatic rings. The lowest BCUT2D eigenvalue weighted by molar-refractivity contribution is -0.222. The van der Waals surface area contributed by atoms with Crippen LogP contribution in [0.4, 0.5) is 17.6 Å². The van der Waals surface area contributed by atoms with E-state index in [1.165, 1.54) is 11.0 Å². The second kappa shape index (κ2) is 6.41. The Morgan fingerprint density at radius 1 is 1.28 bits per heavy atom. The summed E-state index contributed by atoms with van der Waals surface area (Å²) >= 11 is 4.95. The van der Waals surface area contributed by atoms with E-state index in [-0.39, 0.29) is 36.3 Å². The van der Waals surface area contributed by atoms with Gasteiger partial charge in [-0.3, -0.25) is 4.79 Å². The smallest absolute Gasteiger partial charge is 0.383 e. The van der Waals surface area contributed by atoms with E-state index >= 15 is 0 Å². The highest BCUT2D eigenvalue weighted by atomic mass is 32.1. The first-order valence-electron chi connectivity index (χ1n) is 7.62. The molecule has 136 valence electrons. The number of nitrogens with one attached hydrogen (secondary N) is 2. The molecule has 1 aliphatic rings. The van der Waals surface area contributed by atoms with Crippen LogP contribution < -0.4 is 0 Å². The third-order valence-corrected chi connectivity index (χ3v) is 4.63. The van der Waals surface area contributed by atoms with Gasteiger partial charge in [-0.2, -0.15) is 13.2 Å². The van der Waals surface area contributed by atoms with E-state index in [2.05, 4.69) is 9.97 Å². The first-order chi connectivity index (χ1) is 11.7. The molecule has 25 heavy (non-hydrogen) atoms. The number of hydrogen-bond acceptors (Lipinski definition) is 3. The van der Waals surface area contributed by atoms with Crippen LogP contribution in [0, 0.1) is 16.5 Å². The molecular formula is C15H15F4N3O2S. The largest absolute Gasteiger partial charge is 0.414 e. The number of imidazole rings is 1. The van der Waals surface area contributed by atoms with Crippen molar-refractivity contribution in [1.29, 1.82) is 0 Å². The molecule has 1 amide bonds. The van der Waals surface area contributed by atoms with Gasteiger partial charge in [-0.1, -0.05) is 0 Å². The number of piperidine rings is 1. The van der Waals surface area contributed by atoms with Gasteiger partial charge in [-0.05, 0) is 43.1 Å². The molecule has 10 heteroatoms. The minimum Gasteiger partial charge on any atom is -0.383 e. The van der Waals surface area contributed by atoms with Crippen molar-refractivity contribution in [1.82, 2.24) is 14.9 Å². The number of benzene rings is 1. The predicted octanol–water partition coefficient (Wildman–Crippen LogP) is 3.14. The molecular weight excluding hydrogens is 362 g/mol. The average molecular weight is 377 g/mol. The zero-order valence-electron chi connectivity index (χ0n) is 12.9. The number of amides is 1. The molecule has 0 aliphatic carbocycles. The number of fused-ring (bicyclic) bond motifs is 1. The van der Waals surface area contributed by atoms with Crippen molar-refractivity contribution in [3.05, 3.63) is 28.3 Å². The lowest BCUT2D eigenvalue weighted by Gasteiger charge is -2.34. The number of rotatable bonds is 2. The van der Waals surface area contributed by atoms with Crippen LogP contribution in [0.3, 0.4) is 0 Å².